The Morgan fingerprint density at radius 2 is 0.845 bits per heavy atom. The lowest BCUT2D eigenvalue weighted by molar-refractivity contribution is -0.145. The summed E-state index contributed by atoms with van der Waals surface area (Å²) in [7, 11) is 0. The van der Waals surface area contributed by atoms with Gasteiger partial charge in [0, 0.05) is 143 Å². The Morgan fingerprint density at radius 3 is 1.31 bits per heavy atom. The summed E-state index contributed by atoms with van der Waals surface area (Å²) in [5, 5.41) is 0.500. The van der Waals surface area contributed by atoms with Crippen LogP contribution in [-0.2, 0) is 70.6 Å². The van der Waals surface area contributed by atoms with Crippen LogP contribution in [0.15, 0.2) is 255 Å². The maximum Gasteiger partial charge on any atom is 0.416 e. The first-order chi connectivity index (χ1) is 49.8. The van der Waals surface area contributed by atoms with E-state index >= 15 is 9.59 Å². The van der Waals surface area contributed by atoms with E-state index in [2.05, 4.69) is 38.0 Å². The summed E-state index contributed by atoms with van der Waals surface area (Å²) in [6.45, 7) is 4.93. The summed E-state index contributed by atoms with van der Waals surface area (Å²) in [6, 6.07) is 64.2. The van der Waals surface area contributed by atoms with Crippen molar-refractivity contribution in [2.45, 2.75) is 63.5 Å². The Hall–Kier alpha value is -10.9. The molecule has 7 aromatic carbocycles. The number of amides is 4. The zero-order valence-electron chi connectivity index (χ0n) is 56.3. The Morgan fingerprint density at radius 1 is 0.417 bits per heavy atom. The minimum absolute atomic E-state index is 0.00720. The number of rotatable bonds is 23. The monoisotopic (exact) mass is 1410 g/mol. The number of aromatic nitrogens is 3. The molecule has 0 aliphatic carbocycles. The van der Waals surface area contributed by atoms with Crippen molar-refractivity contribution in [2.75, 3.05) is 52.4 Å². The van der Waals surface area contributed by atoms with Crippen LogP contribution in [0.5, 0.6) is 0 Å². The highest BCUT2D eigenvalue weighted by Gasteiger charge is 2.37. The molecule has 13 nitrogen and oxygen atoms in total. The van der Waals surface area contributed by atoms with Crippen LogP contribution in [0.1, 0.15) is 55.8 Å². The van der Waals surface area contributed by atoms with E-state index in [-0.39, 0.29) is 37.7 Å². The van der Waals surface area contributed by atoms with Crippen LogP contribution in [0.2, 0.25) is 5.02 Å². The highest BCUT2D eigenvalue weighted by Crippen LogP contribution is 2.32. The van der Waals surface area contributed by atoms with E-state index in [0.717, 1.165) is 80.2 Å². The quantitative estimate of drug-likeness (QED) is 0.0454. The molecule has 0 spiro atoms. The molecule has 524 valence electrons. The van der Waals surface area contributed by atoms with Crippen molar-refractivity contribution in [1.29, 1.82) is 0 Å². The van der Waals surface area contributed by atoms with Crippen LogP contribution in [0, 0.1) is 0 Å². The van der Waals surface area contributed by atoms with Crippen molar-refractivity contribution in [3.8, 4) is 33.8 Å². The number of piperazine rings is 2. The van der Waals surface area contributed by atoms with Crippen molar-refractivity contribution < 1.29 is 45.5 Å². The third-order valence-corrected chi connectivity index (χ3v) is 18.8. The molecule has 103 heavy (non-hydrogen) atoms. The van der Waals surface area contributed by atoms with Crippen LogP contribution in [0.3, 0.4) is 0 Å². The average Bonchev–Trinajstić information content (AvgIpc) is 2.13. The van der Waals surface area contributed by atoms with E-state index < -0.39 is 47.4 Å². The van der Waals surface area contributed by atoms with Gasteiger partial charge in [-0.15, -0.1) is 0 Å². The van der Waals surface area contributed by atoms with Gasteiger partial charge in [0.25, 0.3) is 0 Å². The average molecular weight is 1410 g/mol. The van der Waals surface area contributed by atoms with Gasteiger partial charge in [0.05, 0.1) is 28.2 Å². The summed E-state index contributed by atoms with van der Waals surface area (Å²) >= 11 is 6.35. The third-order valence-electron chi connectivity index (χ3n) is 18.5. The Bertz CT molecular complexity index is 4560. The normalized spacial score (nSPS) is 14.6. The van der Waals surface area contributed by atoms with Gasteiger partial charge in [0.15, 0.2) is 0 Å². The van der Waals surface area contributed by atoms with Crippen molar-refractivity contribution in [3.63, 3.8) is 0 Å². The smallest absolute Gasteiger partial charge is 0.338 e. The fourth-order valence-electron chi connectivity index (χ4n) is 12.9. The van der Waals surface area contributed by atoms with Gasteiger partial charge < -0.3 is 19.6 Å². The summed E-state index contributed by atoms with van der Waals surface area (Å²) in [6.07, 6.45) is -0.0102. The largest absolute Gasteiger partial charge is 0.416 e. The van der Waals surface area contributed by atoms with E-state index in [4.69, 9.17) is 16.6 Å². The molecule has 2 atom stereocenters. The minimum atomic E-state index is -4.55. The predicted molar refractivity (Wildman–Crippen MR) is 388 cm³/mol. The van der Waals surface area contributed by atoms with Crippen LogP contribution in [-0.4, -0.2) is 132 Å². The topological polar surface area (TPSA) is 126 Å². The molecule has 2 saturated heterocycles. The number of alkyl halides is 6. The van der Waals surface area contributed by atoms with E-state index in [1.54, 1.807) is 34.3 Å². The molecular weight excluding hydrogens is 1340 g/mol. The molecule has 12 rings (SSSR count). The Kier molecular flexibility index (Phi) is 23.3. The molecule has 0 N–H and O–H groups in total. The number of hydrogen-bond donors (Lipinski definition) is 0. The van der Waals surface area contributed by atoms with Gasteiger partial charge >= 0.3 is 12.4 Å². The van der Waals surface area contributed by atoms with E-state index in [9.17, 15) is 35.9 Å². The number of halogens is 7. The van der Waals surface area contributed by atoms with Gasteiger partial charge in [-0.2, -0.15) is 26.3 Å². The minimum Gasteiger partial charge on any atom is -0.338 e. The SMILES string of the molecule is O=C([C@H](Cc1ccc(Cl)cc1)N(Cc1ccc(-c2ccccn2)cc1)C(=O)/C=C/c1ccc(C(F)(F)F)cc1)N1CCN(Cc2cccc(-c3cccc(C[C@@H](C(=O)N4CCN(Cc5ccccc5)CC4)N(Cc4ccc(-c5ccccn5)cc4)C(=O)/C=C/c4ccc(C(F)(F)F)cc4)n3)c2)CC1. The number of benzene rings is 7. The lowest BCUT2D eigenvalue weighted by atomic mass is 10.0. The van der Waals surface area contributed by atoms with Crippen molar-refractivity contribution >= 4 is 47.4 Å². The second-order valence-electron chi connectivity index (χ2n) is 25.6. The molecule has 2 aliphatic heterocycles. The highest BCUT2D eigenvalue weighted by molar-refractivity contribution is 6.30. The Labute approximate surface area is 599 Å². The molecule has 0 saturated carbocycles. The van der Waals surface area contributed by atoms with Gasteiger partial charge in [-0.05, 0) is 130 Å². The van der Waals surface area contributed by atoms with Gasteiger partial charge in [0.2, 0.25) is 23.6 Å². The summed E-state index contributed by atoms with van der Waals surface area (Å²) in [5.41, 5.74) is 8.65. The molecule has 0 unspecified atom stereocenters. The number of carbonyl (C=O) groups excluding carboxylic acids is 4. The van der Waals surface area contributed by atoms with Crippen LogP contribution < -0.4 is 0 Å². The van der Waals surface area contributed by atoms with Crippen LogP contribution >= 0.6 is 11.6 Å². The lowest BCUT2D eigenvalue weighted by Crippen LogP contribution is -2.56. The van der Waals surface area contributed by atoms with Crippen molar-refractivity contribution in [1.82, 2.24) is 44.4 Å². The fourth-order valence-corrected chi connectivity index (χ4v) is 13.0. The van der Waals surface area contributed by atoms with Crippen LogP contribution in [0.4, 0.5) is 26.3 Å². The van der Waals surface area contributed by atoms with Crippen molar-refractivity contribution in [3.05, 3.63) is 316 Å². The van der Waals surface area contributed by atoms with Gasteiger partial charge in [-0.1, -0.05) is 163 Å². The maximum absolute atomic E-state index is 15.5. The van der Waals surface area contributed by atoms with Crippen LogP contribution in [0.25, 0.3) is 45.9 Å². The fraction of sp³-hybridized carbons (Fsp3) is 0.217. The molecule has 5 heterocycles. The van der Waals surface area contributed by atoms with Crippen molar-refractivity contribution in [2.24, 2.45) is 0 Å². The van der Waals surface area contributed by atoms with Gasteiger partial charge in [-0.25, -0.2) is 0 Å². The third kappa shape index (κ3) is 19.4. The molecular formula is C83H74ClF6N9O4. The number of carbonyl (C=O) groups is 4. The second-order valence-corrected chi connectivity index (χ2v) is 26.1. The number of nitrogens with zero attached hydrogens (tertiary/aromatic N) is 9. The lowest BCUT2D eigenvalue weighted by Gasteiger charge is -2.39. The first kappa shape index (κ1) is 71.9. The number of pyridine rings is 3. The standard InChI is InChI=1S/C83H74ClF6N9O4/c84-71-38-26-61(27-39-71)53-76(98(57-63-18-30-66(31-19-63)73-15-4-6-42-91-73)78(100)40-28-59-22-34-69(35-23-59)82(85,86)87)80(102)96-50-46-95(47-51-96)56-65-12-8-13-68(52-65)75-17-9-14-72(93-75)54-77(81(103)97-48-44-94(45-49-97)55-62-10-2-1-3-11-62)99(58-64-20-32-67(33-21-64)74-16-5-7-43-92-74)79(101)41-29-60-24-36-70(37-25-60)83(88,89)90/h1-43,52,76-77H,44-51,53-58H2/b40-28+,41-29+/t76-,77-/m0/s1. The molecule has 2 aliphatic rings. The van der Waals surface area contributed by atoms with Gasteiger partial charge in [-0.3, -0.25) is 43.9 Å². The number of hydrogen-bond acceptors (Lipinski definition) is 9. The molecule has 3 aromatic heterocycles. The second kappa shape index (κ2) is 33.3. The summed E-state index contributed by atoms with van der Waals surface area (Å²) in [5.74, 6) is -1.58. The Balaban J connectivity index is 0.783. The first-order valence-corrected chi connectivity index (χ1v) is 34.4. The maximum atomic E-state index is 15.5. The van der Waals surface area contributed by atoms with E-state index in [1.807, 2.05) is 152 Å². The predicted octanol–water partition coefficient (Wildman–Crippen LogP) is 15.6. The van der Waals surface area contributed by atoms with E-state index in [1.165, 1.54) is 58.4 Å². The zero-order chi connectivity index (χ0) is 71.9. The molecule has 4 amide bonds. The molecule has 20 heteroatoms. The van der Waals surface area contributed by atoms with E-state index in [0.29, 0.717) is 93.0 Å². The molecule has 2 fully saturated rings. The summed E-state index contributed by atoms with van der Waals surface area (Å²) in [4.78, 5) is 85.8. The zero-order valence-corrected chi connectivity index (χ0v) is 57.0. The molecule has 0 bridgehead atoms. The first-order valence-electron chi connectivity index (χ1n) is 34.0. The summed E-state index contributed by atoms with van der Waals surface area (Å²) < 4.78 is 81.5. The highest BCUT2D eigenvalue weighted by atomic mass is 35.5. The van der Waals surface area contributed by atoms with Gasteiger partial charge in [0.1, 0.15) is 12.1 Å². The molecule has 10 aromatic rings. The molecule has 0 radical (unpaired) electrons.